The number of hydrogen-bond donors (Lipinski definition) is 1. The summed E-state index contributed by atoms with van der Waals surface area (Å²) in [4.78, 5) is 0. The van der Waals surface area contributed by atoms with Crippen LogP contribution in [0.3, 0.4) is 0 Å². The zero-order chi connectivity index (χ0) is 11.5. The molecule has 0 aromatic rings. The van der Waals surface area contributed by atoms with E-state index in [1.807, 2.05) is 0 Å². The highest BCUT2D eigenvalue weighted by Gasteiger charge is 2.43. The third-order valence-corrected chi connectivity index (χ3v) is 4.42. The topological polar surface area (TPSA) is 36.9 Å². The first-order valence-corrected chi connectivity index (χ1v) is 6.41. The molecule has 1 heterocycles. The first-order valence-electron chi connectivity index (χ1n) is 6.41. The fraction of sp³-hybridized carbons (Fsp3) is 1.00. The van der Waals surface area contributed by atoms with Crippen LogP contribution < -0.4 is 5.73 Å². The summed E-state index contributed by atoms with van der Waals surface area (Å²) in [7, 11) is 0. The van der Waals surface area contributed by atoms with Gasteiger partial charge in [-0.25, -0.2) is 0 Å². The van der Waals surface area contributed by atoms with E-state index in [2.05, 4.69) is 33.4 Å². The van der Waals surface area contributed by atoms with Crippen LogP contribution in [0, 0.1) is 11.3 Å². The van der Waals surface area contributed by atoms with Crippen molar-refractivity contribution in [1.82, 2.24) is 0 Å². The smallest absolute Gasteiger partial charge is 0.0745 e. The summed E-state index contributed by atoms with van der Waals surface area (Å²) in [6.45, 7) is 11.2. The summed E-state index contributed by atoms with van der Waals surface area (Å²) in [6.07, 6.45) is 4.81. The second-order valence-corrected chi connectivity index (χ2v) is 5.70. The van der Waals surface area contributed by atoms with Gasteiger partial charge in [0, 0.05) is 13.0 Å². The number of quaternary nitrogens is 1. The van der Waals surface area contributed by atoms with Crippen molar-refractivity contribution in [2.24, 2.45) is 11.3 Å². The fourth-order valence-corrected chi connectivity index (χ4v) is 2.96. The predicted octanol–water partition coefficient (Wildman–Crippen LogP) is 2.24. The first kappa shape index (κ1) is 13.0. The van der Waals surface area contributed by atoms with Gasteiger partial charge in [0.15, 0.2) is 0 Å². The molecule has 0 bridgehead atoms. The summed E-state index contributed by atoms with van der Waals surface area (Å²) in [5.74, 6) is 0.744. The van der Waals surface area contributed by atoms with Crippen LogP contribution >= 0.6 is 0 Å². The molecule has 1 aliphatic rings. The van der Waals surface area contributed by atoms with Gasteiger partial charge in [0.2, 0.25) is 0 Å². The minimum Gasteiger partial charge on any atom is -0.375 e. The van der Waals surface area contributed by atoms with Crippen LogP contribution in [0.1, 0.15) is 53.4 Å². The van der Waals surface area contributed by atoms with Crippen LogP contribution in [0.5, 0.6) is 0 Å². The third-order valence-electron chi connectivity index (χ3n) is 4.42. The quantitative estimate of drug-likeness (QED) is 0.765. The minimum absolute atomic E-state index is 0.109. The van der Waals surface area contributed by atoms with Crippen LogP contribution in [0.15, 0.2) is 0 Å². The molecule has 3 N–H and O–H groups in total. The Morgan fingerprint density at radius 2 is 2.07 bits per heavy atom. The van der Waals surface area contributed by atoms with Gasteiger partial charge in [-0.2, -0.15) is 0 Å². The number of hydrogen-bond acceptors (Lipinski definition) is 1. The highest BCUT2D eigenvalue weighted by atomic mass is 16.5. The van der Waals surface area contributed by atoms with E-state index in [4.69, 9.17) is 4.74 Å². The maximum absolute atomic E-state index is 5.95. The van der Waals surface area contributed by atoms with Crippen LogP contribution in [0.2, 0.25) is 0 Å². The maximum atomic E-state index is 5.95. The number of ether oxygens (including phenoxy) is 1. The Kier molecular flexibility index (Phi) is 4.19. The molecule has 15 heavy (non-hydrogen) atoms. The van der Waals surface area contributed by atoms with Crippen LogP contribution in [0.4, 0.5) is 0 Å². The Hall–Kier alpha value is -0.0800. The van der Waals surface area contributed by atoms with Crippen molar-refractivity contribution < 1.29 is 10.5 Å². The van der Waals surface area contributed by atoms with Crippen molar-refractivity contribution in [3.05, 3.63) is 0 Å². The van der Waals surface area contributed by atoms with E-state index < -0.39 is 0 Å². The Bertz CT molecular complexity index is 201. The van der Waals surface area contributed by atoms with Gasteiger partial charge in [-0.1, -0.05) is 20.8 Å². The molecular weight excluding hydrogens is 186 g/mol. The average Bonchev–Trinajstić information content (AvgIpc) is 2.18. The molecule has 0 aliphatic carbocycles. The SMILES string of the molecule is CC[C@@]1(C)C[C@](CC[NH3+])(C(C)C)CCO1. The highest BCUT2D eigenvalue weighted by molar-refractivity contribution is 4.93. The third kappa shape index (κ3) is 2.73. The molecule has 0 aromatic heterocycles. The molecular formula is C13H28NO+. The van der Waals surface area contributed by atoms with Gasteiger partial charge in [-0.05, 0) is 37.5 Å². The summed E-state index contributed by atoms with van der Waals surface area (Å²) in [5.41, 5.74) is 4.63. The van der Waals surface area contributed by atoms with Gasteiger partial charge < -0.3 is 10.5 Å². The second-order valence-electron chi connectivity index (χ2n) is 5.70. The van der Waals surface area contributed by atoms with E-state index in [1.54, 1.807) is 0 Å². The lowest BCUT2D eigenvalue weighted by molar-refractivity contribution is -0.375. The van der Waals surface area contributed by atoms with E-state index in [0.717, 1.165) is 25.5 Å². The summed E-state index contributed by atoms with van der Waals surface area (Å²) < 4.78 is 5.95. The monoisotopic (exact) mass is 214 g/mol. The molecule has 1 aliphatic heterocycles. The van der Waals surface area contributed by atoms with Crippen LogP contribution in [-0.2, 0) is 4.74 Å². The fourth-order valence-electron chi connectivity index (χ4n) is 2.96. The lowest BCUT2D eigenvalue weighted by Gasteiger charge is -2.48. The van der Waals surface area contributed by atoms with E-state index >= 15 is 0 Å². The molecule has 0 radical (unpaired) electrons. The number of rotatable bonds is 4. The Balaban J connectivity index is 2.80. The molecule has 0 unspecified atom stereocenters. The lowest BCUT2D eigenvalue weighted by Crippen LogP contribution is -2.55. The van der Waals surface area contributed by atoms with Gasteiger partial charge in [0.05, 0.1) is 12.1 Å². The molecule has 1 fully saturated rings. The second kappa shape index (κ2) is 4.84. The van der Waals surface area contributed by atoms with E-state index in [9.17, 15) is 0 Å². The van der Waals surface area contributed by atoms with Gasteiger partial charge in [-0.15, -0.1) is 0 Å². The Morgan fingerprint density at radius 1 is 1.40 bits per heavy atom. The van der Waals surface area contributed by atoms with Gasteiger partial charge in [0.25, 0.3) is 0 Å². The van der Waals surface area contributed by atoms with Gasteiger partial charge >= 0.3 is 0 Å². The molecule has 2 atom stereocenters. The van der Waals surface area contributed by atoms with Crippen molar-refractivity contribution in [3.63, 3.8) is 0 Å². The molecule has 0 aromatic carbocycles. The van der Waals surface area contributed by atoms with E-state index in [0.29, 0.717) is 5.41 Å². The van der Waals surface area contributed by atoms with Crippen molar-refractivity contribution in [1.29, 1.82) is 0 Å². The Labute approximate surface area is 94.6 Å². The minimum atomic E-state index is 0.109. The zero-order valence-electron chi connectivity index (χ0n) is 10.9. The largest absolute Gasteiger partial charge is 0.375 e. The van der Waals surface area contributed by atoms with Crippen molar-refractivity contribution in [3.8, 4) is 0 Å². The molecule has 90 valence electrons. The lowest BCUT2D eigenvalue weighted by atomic mass is 9.64. The van der Waals surface area contributed by atoms with Crippen LogP contribution in [0.25, 0.3) is 0 Å². The van der Waals surface area contributed by atoms with Crippen molar-refractivity contribution >= 4 is 0 Å². The van der Waals surface area contributed by atoms with E-state index in [-0.39, 0.29) is 5.60 Å². The molecule has 0 spiro atoms. The molecule has 2 heteroatoms. The molecule has 2 nitrogen and oxygen atoms in total. The van der Waals surface area contributed by atoms with Crippen LogP contribution in [-0.4, -0.2) is 18.8 Å². The maximum Gasteiger partial charge on any atom is 0.0745 e. The van der Waals surface area contributed by atoms with Crippen molar-refractivity contribution in [2.75, 3.05) is 13.2 Å². The summed E-state index contributed by atoms with van der Waals surface area (Å²) in [6, 6.07) is 0. The molecule has 1 saturated heterocycles. The Morgan fingerprint density at radius 3 is 2.53 bits per heavy atom. The molecule has 0 amide bonds. The van der Waals surface area contributed by atoms with Crippen molar-refractivity contribution in [2.45, 2.75) is 59.0 Å². The summed E-state index contributed by atoms with van der Waals surface area (Å²) >= 11 is 0. The van der Waals surface area contributed by atoms with E-state index in [1.165, 1.54) is 19.3 Å². The summed E-state index contributed by atoms with van der Waals surface area (Å²) in [5, 5.41) is 0. The molecule has 0 saturated carbocycles. The standard InChI is InChI=1S/C13H27NO/c1-5-12(4)10-13(6-8-14,11(2)3)7-9-15-12/h11H,5-10,14H2,1-4H3/p+1/t12-,13+/m0/s1. The first-order chi connectivity index (χ1) is 6.98. The zero-order valence-corrected chi connectivity index (χ0v) is 10.9. The van der Waals surface area contributed by atoms with Gasteiger partial charge in [-0.3, -0.25) is 0 Å². The molecule has 1 rings (SSSR count). The van der Waals surface area contributed by atoms with Gasteiger partial charge in [0.1, 0.15) is 0 Å². The predicted molar refractivity (Wildman–Crippen MR) is 63.5 cm³/mol. The normalized spacial score (nSPS) is 37.2. The highest BCUT2D eigenvalue weighted by Crippen LogP contribution is 2.47. The average molecular weight is 214 g/mol.